The molecule has 1 aromatic rings. The number of piperidine rings is 1. The van der Waals surface area contributed by atoms with Crippen molar-refractivity contribution >= 4 is 6.03 Å². The summed E-state index contributed by atoms with van der Waals surface area (Å²) in [5.41, 5.74) is 3.69. The topological polar surface area (TPSA) is 44.8 Å². The molecule has 5 heteroatoms. The van der Waals surface area contributed by atoms with E-state index in [1.165, 1.54) is 16.7 Å². The van der Waals surface area contributed by atoms with Gasteiger partial charge < -0.3 is 15.0 Å². The molecule has 2 aliphatic rings. The minimum Gasteiger partial charge on any atom is -0.379 e. The Hall–Kier alpha value is -1.59. The van der Waals surface area contributed by atoms with Gasteiger partial charge in [-0.1, -0.05) is 23.8 Å². The third-order valence-electron chi connectivity index (χ3n) is 5.45. The first-order chi connectivity index (χ1) is 12.1. The lowest BCUT2D eigenvalue weighted by Gasteiger charge is -2.36. The molecular formula is C20H31N3O2. The van der Waals surface area contributed by atoms with Crippen LogP contribution in [-0.4, -0.2) is 61.8 Å². The van der Waals surface area contributed by atoms with Crippen LogP contribution in [0.4, 0.5) is 4.79 Å². The molecule has 0 atom stereocenters. The lowest BCUT2D eigenvalue weighted by atomic mass is 9.96. The van der Waals surface area contributed by atoms with Gasteiger partial charge in [0.1, 0.15) is 0 Å². The molecule has 138 valence electrons. The van der Waals surface area contributed by atoms with Crippen LogP contribution in [-0.2, 0) is 11.3 Å². The van der Waals surface area contributed by atoms with Gasteiger partial charge in [-0.25, -0.2) is 4.79 Å². The average molecular weight is 345 g/mol. The Kier molecular flexibility index (Phi) is 6.32. The Morgan fingerprint density at radius 2 is 1.88 bits per heavy atom. The molecule has 1 aromatic carbocycles. The van der Waals surface area contributed by atoms with E-state index in [1.54, 1.807) is 0 Å². The summed E-state index contributed by atoms with van der Waals surface area (Å²) < 4.78 is 5.41. The molecule has 5 nitrogen and oxygen atoms in total. The summed E-state index contributed by atoms with van der Waals surface area (Å²) in [7, 11) is 0. The fourth-order valence-electron chi connectivity index (χ4n) is 3.79. The van der Waals surface area contributed by atoms with Crippen molar-refractivity contribution in [3.63, 3.8) is 0 Å². The molecule has 2 fully saturated rings. The van der Waals surface area contributed by atoms with Gasteiger partial charge in [-0.3, -0.25) is 4.90 Å². The summed E-state index contributed by atoms with van der Waals surface area (Å²) in [6.07, 6.45) is 2.21. The molecule has 0 bridgehead atoms. The Labute approximate surface area is 151 Å². The van der Waals surface area contributed by atoms with Crippen molar-refractivity contribution in [2.75, 3.05) is 45.9 Å². The van der Waals surface area contributed by atoms with Crippen molar-refractivity contribution in [1.82, 2.24) is 15.1 Å². The molecule has 0 aromatic heterocycles. The summed E-state index contributed by atoms with van der Waals surface area (Å²) >= 11 is 0. The van der Waals surface area contributed by atoms with Gasteiger partial charge >= 0.3 is 6.03 Å². The molecular weight excluding hydrogens is 314 g/mol. The summed E-state index contributed by atoms with van der Waals surface area (Å²) in [4.78, 5) is 16.9. The molecule has 0 radical (unpaired) electrons. The van der Waals surface area contributed by atoms with E-state index in [2.05, 4.69) is 42.3 Å². The Balaban J connectivity index is 1.40. The van der Waals surface area contributed by atoms with Crippen LogP contribution < -0.4 is 5.32 Å². The SMILES string of the molecule is Cc1ccc(CNC(=O)N2CCC(CN3CCOCC3)CC2)c(C)c1. The van der Waals surface area contributed by atoms with Gasteiger partial charge in [-0.2, -0.15) is 0 Å². The Morgan fingerprint density at radius 3 is 2.56 bits per heavy atom. The van der Waals surface area contributed by atoms with Gasteiger partial charge in [0.15, 0.2) is 0 Å². The van der Waals surface area contributed by atoms with E-state index in [1.807, 2.05) is 4.90 Å². The molecule has 2 aliphatic heterocycles. The molecule has 0 saturated carbocycles. The van der Waals surface area contributed by atoms with Crippen LogP contribution in [0.3, 0.4) is 0 Å². The number of urea groups is 1. The molecule has 1 N–H and O–H groups in total. The molecule has 2 heterocycles. The Morgan fingerprint density at radius 1 is 1.16 bits per heavy atom. The predicted molar refractivity (Wildman–Crippen MR) is 99.7 cm³/mol. The van der Waals surface area contributed by atoms with Gasteiger partial charge in [-0.05, 0) is 43.7 Å². The number of hydrogen-bond donors (Lipinski definition) is 1. The largest absolute Gasteiger partial charge is 0.379 e. The summed E-state index contributed by atoms with van der Waals surface area (Å²) in [5.74, 6) is 0.710. The number of carbonyl (C=O) groups is 1. The summed E-state index contributed by atoms with van der Waals surface area (Å²) in [6.45, 7) is 11.5. The smallest absolute Gasteiger partial charge is 0.317 e. The van der Waals surface area contributed by atoms with Crippen LogP contribution >= 0.6 is 0 Å². The van der Waals surface area contributed by atoms with E-state index in [9.17, 15) is 4.79 Å². The van der Waals surface area contributed by atoms with Crippen LogP contribution in [0.2, 0.25) is 0 Å². The fraction of sp³-hybridized carbons (Fsp3) is 0.650. The minimum atomic E-state index is 0.0739. The second kappa shape index (κ2) is 8.68. The zero-order valence-corrected chi connectivity index (χ0v) is 15.6. The number of aryl methyl sites for hydroxylation is 2. The van der Waals surface area contributed by atoms with Crippen molar-refractivity contribution in [1.29, 1.82) is 0 Å². The summed E-state index contributed by atoms with van der Waals surface area (Å²) in [6, 6.07) is 6.45. The number of benzene rings is 1. The zero-order valence-electron chi connectivity index (χ0n) is 15.6. The number of morpholine rings is 1. The van der Waals surface area contributed by atoms with E-state index < -0.39 is 0 Å². The van der Waals surface area contributed by atoms with Crippen LogP contribution in [0.1, 0.15) is 29.5 Å². The van der Waals surface area contributed by atoms with E-state index in [-0.39, 0.29) is 6.03 Å². The van der Waals surface area contributed by atoms with Gasteiger partial charge in [0.2, 0.25) is 0 Å². The number of amides is 2. The highest BCUT2D eigenvalue weighted by Crippen LogP contribution is 2.19. The number of nitrogens with zero attached hydrogens (tertiary/aromatic N) is 2. The molecule has 0 unspecified atom stereocenters. The number of rotatable bonds is 4. The predicted octanol–water partition coefficient (Wildman–Crippen LogP) is 2.56. The maximum atomic E-state index is 12.4. The highest BCUT2D eigenvalue weighted by molar-refractivity contribution is 5.74. The third-order valence-corrected chi connectivity index (χ3v) is 5.45. The minimum absolute atomic E-state index is 0.0739. The quantitative estimate of drug-likeness (QED) is 0.912. The van der Waals surface area contributed by atoms with Crippen molar-refractivity contribution < 1.29 is 9.53 Å². The highest BCUT2D eigenvalue weighted by atomic mass is 16.5. The molecule has 0 aliphatic carbocycles. The molecule has 0 spiro atoms. The zero-order chi connectivity index (χ0) is 17.6. The number of carbonyl (C=O) groups excluding carboxylic acids is 1. The Bertz CT molecular complexity index is 576. The van der Waals surface area contributed by atoms with Crippen LogP contribution in [0, 0.1) is 19.8 Å². The van der Waals surface area contributed by atoms with E-state index >= 15 is 0 Å². The maximum absolute atomic E-state index is 12.4. The van der Waals surface area contributed by atoms with E-state index in [4.69, 9.17) is 4.74 Å². The molecule has 2 saturated heterocycles. The third kappa shape index (κ3) is 5.19. The van der Waals surface area contributed by atoms with Gasteiger partial charge in [0.25, 0.3) is 0 Å². The van der Waals surface area contributed by atoms with E-state index in [0.29, 0.717) is 12.5 Å². The maximum Gasteiger partial charge on any atom is 0.317 e. The van der Waals surface area contributed by atoms with Crippen LogP contribution in [0.25, 0.3) is 0 Å². The van der Waals surface area contributed by atoms with Crippen molar-refractivity contribution in [3.05, 3.63) is 34.9 Å². The fourth-order valence-corrected chi connectivity index (χ4v) is 3.79. The first-order valence-electron chi connectivity index (χ1n) is 9.51. The normalized spacial score (nSPS) is 19.8. The first kappa shape index (κ1) is 18.2. The first-order valence-corrected chi connectivity index (χ1v) is 9.51. The van der Waals surface area contributed by atoms with Crippen molar-refractivity contribution in [2.45, 2.75) is 33.2 Å². The second-order valence-corrected chi connectivity index (χ2v) is 7.43. The molecule has 25 heavy (non-hydrogen) atoms. The summed E-state index contributed by atoms with van der Waals surface area (Å²) in [5, 5.41) is 3.09. The number of likely N-dealkylation sites (tertiary alicyclic amines) is 1. The number of hydrogen-bond acceptors (Lipinski definition) is 3. The monoisotopic (exact) mass is 345 g/mol. The van der Waals surface area contributed by atoms with Gasteiger partial charge in [-0.15, -0.1) is 0 Å². The van der Waals surface area contributed by atoms with Gasteiger partial charge in [0.05, 0.1) is 13.2 Å². The highest BCUT2D eigenvalue weighted by Gasteiger charge is 2.24. The standard InChI is InChI=1S/C20H31N3O2/c1-16-3-4-19(17(2)13-16)14-21-20(24)23-7-5-18(6-8-23)15-22-9-11-25-12-10-22/h3-4,13,18H,5-12,14-15H2,1-2H3,(H,21,24). The van der Waals surface area contributed by atoms with Crippen molar-refractivity contribution in [2.24, 2.45) is 5.92 Å². The van der Waals surface area contributed by atoms with Crippen molar-refractivity contribution in [3.8, 4) is 0 Å². The van der Waals surface area contributed by atoms with Gasteiger partial charge in [0, 0.05) is 39.3 Å². The lowest BCUT2D eigenvalue weighted by Crippen LogP contribution is -2.47. The molecule has 3 rings (SSSR count). The average Bonchev–Trinajstić information content (AvgIpc) is 2.62. The van der Waals surface area contributed by atoms with Crippen LogP contribution in [0.15, 0.2) is 18.2 Å². The number of nitrogens with one attached hydrogen (secondary N) is 1. The van der Waals surface area contributed by atoms with E-state index in [0.717, 1.165) is 58.8 Å². The number of ether oxygens (including phenoxy) is 1. The lowest BCUT2D eigenvalue weighted by molar-refractivity contribution is 0.0258. The molecule has 2 amide bonds. The van der Waals surface area contributed by atoms with Crippen LogP contribution in [0.5, 0.6) is 0 Å². The second-order valence-electron chi connectivity index (χ2n) is 7.43.